The minimum atomic E-state index is -0.478. The maximum Gasteiger partial charge on any atom is 0.309 e. The highest BCUT2D eigenvalue weighted by Crippen LogP contribution is 2.17. The molecule has 0 aromatic heterocycles. The highest BCUT2D eigenvalue weighted by molar-refractivity contribution is 5.72. The molecule has 1 saturated heterocycles. The molecule has 1 N–H and O–H groups in total. The van der Waals surface area contributed by atoms with Gasteiger partial charge in [0.05, 0.1) is 32.8 Å². The van der Waals surface area contributed by atoms with Crippen LogP contribution in [0.25, 0.3) is 0 Å². The molecule has 0 aliphatic carbocycles. The van der Waals surface area contributed by atoms with Gasteiger partial charge in [0.2, 0.25) is 0 Å². The van der Waals surface area contributed by atoms with Crippen LogP contribution in [0.2, 0.25) is 0 Å². The van der Waals surface area contributed by atoms with Crippen molar-refractivity contribution >= 4 is 5.97 Å². The molecule has 1 aromatic rings. The smallest absolute Gasteiger partial charge is 0.309 e. The topological polar surface area (TPSA) is 56.8 Å². The van der Waals surface area contributed by atoms with Crippen molar-refractivity contribution in [2.45, 2.75) is 38.6 Å². The summed E-state index contributed by atoms with van der Waals surface area (Å²) in [5.74, 6) is -0.701. The first kappa shape index (κ1) is 15.9. The zero-order valence-electron chi connectivity index (χ0n) is 12.8. The van der Waals surface area contributed by atoms with Crippen molar-refractivity contribution < 1.29 is 19.0 Å². The normalized spacial score (nSPS) is 18.4. The van der Waals surface area contributed by atoms with Crippen LogP contribution in [0.5, 0.6) is 0 Å². The Balaban J connectivity index is 1.77. The average Bonchev–Trinajstić information content (AvgIpc) is 2.47. The highest BCUT2D eigenvalue weighted by atomic mass is 16.7. The summed E-state index contributed by atoms with van der Waals surface area (Å²) in [6.45, 7) is 5.88. The number of rotatable bonds is 5. The molecule has 0 amide bonds. The number of nitrogens with one attached hydrogen (secondary N) is 1. The Morgan fingerprint density at radius 2 is 1.81 bits per heavy atom. The van der Waals surface area contributed by atoms with Gasteiger partial charge in [0.15, 0.2) is 5.79 Å². The van der Waals surface area contributed by atoms with E-state index in [1.807, 2.05) is 38.1 Å². The third kappa shape index (κ3) is 5.12. The number of carbonyl (C=O) groups is 1. The summed E-state index contributed by atoms with van der Waals surface area (Å²) < 4.78 is 15.9. The lowest BCUT2D eigenvalue weighted by molar-refractivity contribution is -0.253. The molecule has 1 heterocycles. The van der Waals surface area contributed by atoms with Gasteiger partial charge in [-0.05, 0) is 25.0 Å². The Hall–Kier alpha value is -1.43. The molecule has 1 aliphatic heterocycles. The van der Waals surface area contributed by atoms with E-state index >= 15 is 0 Å². The zero-order valence-corrected chi connectivity index (χ0v) is 12.8. The van der Waals surface area contributed by atoms with Crippen molar-refractivity contribution in [2.75, 3.05) is 20.3 Å². The molecule has 5 nitrogen and oxygen atoms in total. The first-order valence-electron chi connectivity index (χ1n) is 7.14. The number of esters is 1. The van der Waals surface area contributed by atoms with Crippen LogP contribution in [0.3, 0.4) is 0 Å². The van der Waals surface area contributed by atoms with Crippen molar-refractivity contribution in [1.29, 1.82) is 0 Å². The fourth-order valence-electron chi connectivity index (χ4n) is 2.09. The van der Waals surface area contributed by atoms with Gasteiger partial charge in [-0.15, -0.1) is 0 Å². The van der Waals surface area contributed by atoms with Gasteiger partial charge in [0.1, 0.15) is 0 Å². The second kappa shape index (κ2) is 7.02. The summed E-state index contributed by atoms with van der Waals surface area (Å²) in [6.07, 6.45) is 0.309. The van der Waals surface area contributed by atoms with E-state index in [0.29, 0.717) is 19.6 Å². The van der Waals surface area contributed by atoms with E-state index in [2.05, 4.69) is 10.1 Å². The Kier molecular flexibility index (Phi) is 5.33. The third-order valence-electron chi connectivity index (χ3n) is 3.46. The molecule has 1 aromatic carbocycles. The first-order chi connectivity index (χ1) is 9.98. The van der Waals surface area contributed by atoms with Crippen LogP contribution in [-0.2, 0) is 32.0 Å². The van der Waals surface area contributed by atoms with E-state index in [1.54, 1.807) is 0 Å². The van der Waals surface area contributed by atoms with Crippen LogP contribution < -0.4 is 5.32 Å². The predicted octanol–water partition coefficient (Wildman–Crippen LogP) is 1.64. The second-order valence-electron chi connectivity index (χ2n) is 5.67. The van der Waals surface area contributed by atoms with Gasteiger partial charge in [-0.2, -0.15) is 0 Å². The van der Waals surface area contributed by atoms with Gasteiger partial charge < -0.3 is 19.5 Å². The molecule has 0 spiro atoms. The Labute approximate surface area is 125 Å². The van der Waals surface area contributed by atoms with Crippen LogP contribution >= 0.6 is 0 Å². The summed E-state index contributed by atoms with van der Waals surface area (Å²) >= 11 is 0. The van der Waals surface area contributed by atoms with Crippen LogP contribution in [0.15, 0.2) is 24.3 Å². The van der Waals surface area contributed by atoms with Gasteiger partial charge in [-0.1, -0.05) is 24.3 Å². The number of ether oxygens (including phenoxy) is 3. The maximum atomic E-state index is 11.2. The first-order valence-corrected chi connectivity index (χ1v) is 7.14. The third-order valence-corrected chi connectivity index (χ3v) is 3.46. The Bertz CT molecular complexity index is 460. The van der Waals surface area contributed by atoms with Gasteiger partial charge in [0, 0.05) is 6.54 Å². The molecular formula is C16H23NO4. The van der Waals surface area contributed by atoms with Crippen LogP contribution in [0.4, 0.5) is 0 Å². The molecule has 1 aliphatic rings. The molecule has 5 heteroatoms. The molecule has 0 bridgehead atoms. The zero-order chi connectivity index (χ0) is 15.3. The average molecular weight is 293 g/mol. The number of methoxy groups -OCH3 is 1. The van der Waals surface area contributed by atoms with Crippen molar-refractivity contribution in [2.24, 2.45) is 0 Å². The largest absolute Gasteiger partial charge is 0.469 e. The Morgan fingerprint density at radius 1 is 1.24 bits per heavy atom. The van der Waals surface area contributed by atoms with E-state index in [4.69, 9.17) is 9.47 Å². The highest BCUT2D eigenvalue weighted by Gasteiger charge is 2.27. The van der Waals surface area contributed by atoms with Crippen molar-refractivity contribution in [3.8, 4) is 0 Å². The van der Waals surface area contributed by atoms with Gasteiger partial charge in [-0.3, -0.25) is 4.79 Å². The predicted molar refractivity (Wildman–Crippen MR) is 78.8 cm³/mol. The van der Waals surface area contributed by atoms with Crippen molar-refractivity contribution in [1.82, 2.24) is 5.32 Å². The molecule has 2 rings (SSSR count). The molecule has 1 fully saturated rings. The quantitative estimate of drug-likeness (QED) is 0.837. The number of hydrogen-bond acceptors (Lipinski definition) is 5. The summed E-state index contributed by atoms with van der Waals surface area (Å²) in [7, 11) is 1.40. The fraction of sp³-hybridized carbons (Fsp3) is 0.562. The van der Waals surface area contributed by atoms with Crippen LogP contribution in [0, 0.1) is 0 Å². The monoisotopic (exact) mass is 293 g/mol. The maximum absolute atomic E-state index is 11.2. The van der Waals surface area contributed by atoms with E-state index in [-0.39, 0.29) is 12.0 Å². The van der Waals surface area contributed by atoms with E-state index in [1.165, 1.54) is 7.11 Å². The van der Waals surface area contributed by atoms with Crippen LogP contribution in [-0.4, -0.2) is 38.1 Å². The molecule has 0 unspecified atom stereocenters. The minimum absolute atomic E-state index is 0.202. The Morgan fingerprint density at radius 3 is 2.38 bits per heavy atom. The summed E-state index contributed by atoms with van der Waals surface area (Å²) in [5, 5.41) is 3.41. The SMILES string of the molecule is COC(=O)Cc1ccc(CNC2COC(C)(C)OC2)cc1. The molecule has 116 valence electrons. The summed E-state index contributed by atoms with van der Waals surface area (Å²) in [4.78, 5) is 11.2. The fourth-order valence-corrected chi connectivity index (χ4v) is 2.09. The van der Waals surface area contributed by atoms with Crippen LogP contribution in [0.1, 0.15) is 25.0 Å². The molecule has 0 atom stereocenters. The van der Waals surface area contributed by atoms with Crippen molar-refractivity contribution in [3.05, 3.63) is 35.4 Å². The van der Waals surface area contributed by atoms with Gasteiger partial charge in [0.25, 0.3) is 0 Å². The number of carbonyl (C=O) groups excluding carboxylic acids is 1. The minimum Gasteiger partial charge on any atom is -0.469 e. The van der Waals surface area contributed by atoms with Gasteiger partial charge >= 0.3 is 5.97 Å². The second-order valence-corrected chi connectivity index (χ2v) is 5.67. The van der Waals surface area contributed by atoms with E-state index in [9.17, 15) is 4.79 Å². The molecular weight excluding hydrogens is 270 g/mol. The van der Waals surface area contributed by atoms with Gasteiger partial charge in [-0.25, -0.2) is 0 Å². The standard InChI is InChI=1S/C16H23NO4/c1-16(2)20-10-14(11-21-16)17-9-13-6-4-12(5-7-13)8-15(18)19-3/h4-7,14,17H,8-11H2,1-3H3. The summed E-state index contributed by atoms with van der Waals surface area (Å²) in [6, 6.07) is 8.13. The summed E-state index contributed by atoms with van der Waals surface area (Å²) in [5.41, 5.74) is 2.12. The molecule has 0 saturated carbocycles. The van der Waals surface area contributed by atoms with E-state index < -0.39 is 5.79 Å². The lowest BCUT2D eigenvalue weighted by Crippen LogP contribution is -2.48. The lowest BCUT2D eigenvalue weighted by Gasteiger charge is -2.35. The molecule has 21 heavy (non-hydrogen) atoms. The number of benzene rings is 1. The lowest BCUT2D eigenvalue weighted by atomic mass is 10.1. The number of hydrogen-bond donors (Lipinski definition) is 1. The van der Waals surface area contributed by atoms with Crippen molar-refractivity contribution in [3.63, 3.8) is 0 Å². The molecule has 0 radical (unpaired) electrons. The van der Waals surface area contributed by atoms with E-state index in [0.717, 1.165) is 17.7 Å².